The molecule has 11 nitrogen and oxygen atoms in total. The molecule has 0 aliphatic carbocycles. The van der Waals surface area contributed by atoms with Gasteiger partial charge in [-0.25, -0.2) is 9.79 Å². The molecule has 5 N–H and O–H groups in total. The highest BCUT2D eigenvalue weighted by atomic mass is 16.5. The quantitative estimate of drug-likeness (QED) is 0.370. The molecule has 4 rings (SSSR count). The fourth-order valence-electron chi connectivity index (χ4n) is 2.50. The molecule has 11 heteroatoms. The van der Waals surface area contributed by atoms with Crippen LogP contribution in [-0.2, 0) is 0 Å². The van der Waals surface area contributed by atoms with Crippen LogP contribution in [0.2, 0.25) is 0 Å². The minimum Gasteiger partial charge on any atom is -0.497 e. The van der Waals surface area contributed by atoms with Crippen molar-refractivity contribution in [3.05, 3.63) is 57.5 Å². The van der Waals surface area contributed by atoms with Gasteiger partial charge in [-0.15, -0.1) is 0 Å². The SMILES string of the molecule is COc1cccc(N=c2nc(N)n3ncc(=Cc4[nH]c(=O)[nH]c4O)c3n2)c1. The zero-order valence-electron chi connectivity index (χ0n) is 14.0. The molecule has 136 valence electrons. The van der Waals surface area contributed by atoms with Crippen LogP contribution in [-0.4, -0.2) is 41.8 Å². The number of fused-ring (bicyclic) bond motifs is 1. The Labute approximate surface area is 150 Å². The lowest BCUT2D eigenvalue weighted by molar-refractivity contribution is 0.415. The number of aromatic amines is 2. The lowest BCUT2D eigenvalue weighted by Gasteiger charge is -2.00. The fraction of sp³-hybridized carbons (Fsp3) is 0.0625. The summed E-state index contributed by atoms with van der Waals surface area (Å²) in [6, 6.07) is 7.10. The Morgan fingerprint density at radius 1 is 1.33 bits per heavy atom. The summed E-state index contributed by atoms with van der Waals surface area (Å²) < 4.78 is 6.50. The topological polar surface area (TPSA) is 160 Å². The second-order valence-electron chi connectivity index (χ2n) is 5.52. The van der Waals surface area contributed by atoms with E-state index in [1.54, 1.807) is 31.4 Å². The molecule has 0 spiro atoms. The van der Waals surface area contributed by atoms with Crippen molar-refractivity contribution in [1.82, 2.24) is 29.5 Å². The number of anilines is 1. The number of rotatable bonds is 3. The van der Waals surface area contributed by atoms with Crippen LogP contribution < -0.4 is 27.0 Å². The molecule has 0 unspecified atom stereocenters. The summed E-state index contributed by atoms with van der Waals surface area (Å²) in [5, 5.41) is 14.3. The molecular weight excluding hydrogens is 352 g/mol. The second kappa shape index (κ2) is 6.29. The molecule has 3 heterocycles. The van der Waals surface area contributed by atoms with Crippen LogP contribution in [0.1, 0.15) is 5.69 Å². The fourth-order valence-corrected chi connectivity index (χ4v) is 2.50. The van der Waals surface area contributed by atoms with E-state index in [0.717, 1.165) is 0 Å². The third kappa shape index (κ3) is 3.08. The number of aromatic hydroxyl groups is 1. The van der Waals surface area contributed by atoms with Crippen LogP contribution >= 0.6 is 0 Å². The normalized spacial score (nSPS) is 12.8. The summed E-state index contributed by atoms with van der Waals surface area (Å²) in [4.78, 5) is 28.8. The van der Waals surface area contributed by atoms with Gasteiger partial charge < -0.3 is 20.6 Å². The van der Waals surface area contributed by atoms with Gasteiger partial charge >= 0.3 is 5.69 Å². The second-order valence-corrected chi connectivity index (χ2v) is 5.52. The summed E-state index contributed by atoms with van der Waals surface area (Å²) in [5.41, 5.74) is 6.70. The number of imidazole rings is 1. The van der Waals surface area contributed by atoms with Crippen molar-refractivity contribution in [2.75, 3.05) is 12.8 Å². The van der Waals surface area contributed by atoms with Gasteiger partial charge in [0.25, 0.3) is 5.62 Å². The Hall–Kier alpha value is -4.15. The molecule has 27 heavy (non-hydrogen) atoms. The number of hydrogen-bond acceptors (Lipinski definition) is 8. The summed E-state index contributed by atoms with van der Waals surface area (Å²) in [5.74, 6) is 0.450. The molecule has 0 atom stereocenters. The third-order valence-electron chi connectivity index (χ3n) is 3.73. The number of hydrogen-bond donors (Lipinski definition) is 4. The number of benzene rings is 1. The predicted molar refractivity (Wildman–Crippen MR) is 95.3 cm³/mol. The summed E-state index contributed by atoms with van der Waals surface area (Å²) in [7, 11) is 1.56. The van der Waals surface area contributed by atoms with Gasteiger partial charge in [-0.3, -0.25) is 4.98 Å². The van der Waals surface area contributed by atoms with E-state index in [2.05, 4.69) is 30.0 Å². The Morgan fingerprint density at radius 3 is 2.93 bits per heavy atom. The van der Waals surface area contributed by atoms with Crippen molar-refractivity contribution in [2.45, 2.75) is 0 Å². The molecule has 0 saturated carbocycles. The van der Waals surface area contributed by atoms with E-state index in [-0.39, 0.29) is 23.1 Å². The molecule has 0 aliphatic rings. The van der Waals surface area contributed by atoms with Crippen LogP contribution in [0, 0.1) is 0 Å². The van der Waals surface area contributed by atoms with Gasteiger partial charge in [-0.05, 0) is 18.2 Å². The van der Waals surface area contributed by atoms with Gasteiger partial charge in [-0.1, -0.05) is 6.07 Å². The number of aromatic nitrogens is 6. The Kier molecular flexibility index (Phi) is 3.81. The van der Waals surface area contributed by atoms with E-state index in [9.17, 15) is 9.90 Å². The Bertz CT molecular complexity index is 1320. The minimum atomic E-state index is -0.530. The van der Waals surface area contributed by atoms with E-state index in [4.69, 9.17) is 10.5 Å². The van der Waals surface area contributed by atoms with Crippen molar-refractivity contribution < 1.29 is 9.84 Å². The van der Waals surface area contributed by atoms with Gasteiger partial charge in [0.05, 0.1) is 19.0 Å². The maximum absolute atomic E-state index is 11.3. The summed E-state index contributed by atoms with van der Waals surface area (Å²) in [6.07, 6.45) is 3.00. The minimum absolute atomic E-state index is 0.0908. The lowest BCUT2D eigenvalue weighted by atomic mass is 10.3. The number of nitrogen functional groups attached to an aromatic ring is 1. The standard InChI is InChI=1S/C16H14N8O3/c1-27-10-4-2-3-9(6-10)19-15-21-12-8(7-18-24(12)14(17)23-15)5-11-13(25)22-16(26)20-11/h2-7,25H,1H3,(H2,17,19,23)(H2,20,22,26). The first kappa shape index (κ1) is 16.3. The van der Waals surface area contributed by atoms with E-state index >= 15 is 0 Å². The van der Waals surface area contributed by atoms with Crippen molar-refractivity contribution in [1.29, 1.82) is 0 Å². The number of H-pyrrole nitrogens is 2. The molecule has 4 aromatic rings. The largest absolute Gasteiger partial charge is 0.497 e. The molecule has 0 amide bonds. The number of nitrogens with two attached hydrogens (primary N) is 1. The van der Waals surface area contributed by atoms with Gasteiger partial charge in [0.2, 0.25) is 11.8 Å². The Balaban J connectivity index is 1.91. The van der Waals surface area contributed by atoms with Gasteiger partial charge in [0, 0.05) is 11.3 Å². The highest BCUT2D eigenvalue weighted by Gasteiger charge is 2.08. The monoisotopic (exact) mass is 366 g/mol. The highest BCUT2D eigenvalue weighted by Crippen LogP contribution is 2.18. The smallest absolute Gasteiger partial charge is 0.326 e. The van der Waals surface area contributed by atoms with Crippen LogP contribution in [0.4, 0.5) is 11.6 Å². The molecule has 1 aromatic carbocycles. The van der Waals surface area contributed by atoms with Gasteiger partial charge in [0.1, 0.15) is 11.4 Å². The van der Waals surface area contributed by atoms with Crippen molar-refractivity contribution in [3.63, 3.8) is 0 Å². The number of nitrogens with zero attached hydrogens (tertiary/aromatic N) is 5. The van der Waals surface area contributed by atoms with Crippen molar-refractivity contribution in [2.24, 2.45) is 4.99 Å². The van der Waals surface area contributed by atoms with E-state index in [0.29, 0.717) is 22.3 Å². The van der Waals surface area contributed by atoms with Crippen LogP contribution in [0.5, 0.6) is 11.6 Å². The molecule has 0 bridgehead atoms. The first-order valence-corrected chi connectivity index (χ1v) is 7.76. The zero-order chi connectivity index (χ0) is 19.0. The first-order chi connectivity index (χ1) is 13.0. The number of nitrogens with one attached hydrogen (secondary N) is 2. The molecule has 0 fully saturated rings. The first-order valence-electron chi connectivity index (χ1n) is 7.76. The number of methoxy groups -OCH3 is 1. The summed E-state index contributed by atoms with van der Waals surface area (Å²) in [6.45, 7) is 0. The van der Waals surface area contributed by atoms with E-state index < -0.39 is 5.69 Å². The maximum atomic E-state index is 11.3. The maximum Gasteiger partial charge on any atom is 0.326 e. The molecular formula is C16H14N8O3. The highest BCUT2D eigenvalue weighted by molar-refractivity contribution is 5.57. The molecule has 0 saturated heterocycles. The van der Waals surface area contributed by atoms with Gasteiger partial charge in [0.15, 0.2) is 5.65 Å². The van der Waals surface area contributed by atoms with Crippen molar-refractivity contribution >= 4 is 23.4 Å². The van der Waals surface area contributed by atoms with E-state index in [1.807, 2.05) is 0 Å². The molecule has 0 aliphatic heterocycles. The average molecular weight is 366 g/mol. The molecule has 0 radical (unpaired) electrons. The number of ether oxygens (including phenoxy) is 1. The zero-order valence-corrected chi connectivity index (χ0v) is 14.0. The van der Waals surface area contributed by atoms with Crippen LogP contribution in [0.15, 0.2) is 40.2 Å². The van der Waals surface area contributed by atoms with E-state index in [1.165, 1.54) is 16.8 Å². The van der Waals surface area contributed by atoms with Crippen LogP contribution in [0.25, 0.3) is 11.7 Å². The van der Waals surface area contributed by atoms with Gasteiger partial charge in [-0.2, -0.15) is 19.6 Å². The Morgan fingerprint density at radius 2 is 2.19 bits per heavy atom. The molecule has 3 aromatic heterocycles. The predicted octanol–water partition coefficient (Wildman–Crippen LogP) is -0.783. The lowest BCUT2D eigenvalue weighted by Crippen LogP contribution is -2.20. The third-order valence-corrected chi connectivity index (χ3v) is 3.73. The summed E-state index contributed by atoms with van der Waals surface area (Å²) >= 11 is 0. The van der Waals surface area contributed by atoms with Crippen molar-refractivity contribution in [3.8, 4) is 11.6 Å². The average Bonchev–Trinajstić information content (AvgIpc) is 3.18. The van der Waals surface area contributed by atoms with Crippen LogP contribution in [0.3, 0.4) is 0 Å².